The first-order valence-electron chi connectivity index (χ1n) is 7.53. The standard InChI is InChI=1S/C15H25N3O/c1-12(2)13-5-9-18(10-6-13)15(19)14-4-3-8-17(14)11-7-16/h12-14H,3-6,8-11H2,1-2H3. The van der Waals surface area contributed by atoms with Crippen LogP contribution in [0.3, 0.4) is 0 Å². The van der Waals surface area contributed by atoms with Gasteiger partial charge in [0.05, 0.1) is 18.7 Å². The van der Waals surface area contributed by atoms with E-state index in [2.05, 4.69) is 19.9 Å². The summed E-state index contributed by atoms with van der Waals surface area (Å²) in [6.07, 6.45) is 4.23. The Morgan fingerprint density at radius 1 is 1.26 bits per heavy atom. The van der Waals surface area contributed by atoms with Crippen molar-refractivity contribution >= 4 is 5.91 Å². The first kappa shape index (κ1) is 14.3. The normalized spacial score (nSPS) is 25.8. The molecule has 2 heterocycles. The fourth-order valence-electron chi connectivity index (χ4n) is 3.38. The number of hydrogen-bond donors (Lipinski definition) is 0. The molecule has 2 saturated heterocycles. The third kappa shape index (κ3) is 3.27. The van der Waals surface area contributed by atoms with E-state index in [4.69, 9.17) is 5.26 Å². The lowest BCUT2D eigenvalue weighted by Gasteiger charge is -2.36. The first-order chi connectivity index (χ1) is 9.13. The Morgan fingerprint density at radius 2 is 1.95 bits per heavy atom. The fraction of sp³-hybridized carbons (Fsp3) is 0.867. The summed E-state index contributed by atoms with van der Waals surface area (Å²) < 4.78 is 0. The molecule has 1 atom stereocenters. The van der Waals surface area contributed by atoms with Gasteiger partial charge in [0, 0.05) is 19.6 Å². The largest absolute Gasteiger partial charge is 0.341 e. The summed E-state index contributed by atoms with van der Waals surface area (Å²) in [7, 11) is 0. The van der Waals surface area contributed by atoms with Crippen molar-refractivity contribution in [2.24, 2.45) is 11.8 Å². The highest BCUT2D eigenvalue weighted by Crippen LogP contribution is 2.26. The minimum atomic E-state index is -0.0322. The summed E-state index contributed by atoms with van der Waals surface area (Å²) >= 11 is 0. The number of carbonyl (C=O) groups is 1. The number of carbonyl (C=O) groups excluding carboxylic acids is 1. The molecule has 0 aromatic rings. The molecule has 0 aromatic heterocycles. The maximum Gasteiger partial charge on any atom is 0.239 e. The Labute approximate surface area is 116 Å². The van der Waals surface area contributed by atoms with Crippen molar-refractivity contribution in [3.63, 3.8) is 0 Å². The number of hydrogen-bond acceptors (Lipinski definition) is 3. The van der Waals surface area contributed by atoms with Crippen molar-refractivity contribution in [1.82, 2.24) is 9.80 Å². The molecule has 2 aliphatic rings. The second-order valence-corrected chi connectivity index (χ2v) is 6.19. The topological polar surface area (TPSA) is 47.3 Å². The van der Waals surface area contributed by atoms with Crippen LogP contribution in [0.4, 0.5) is 0 Å². The highest BCUT2D eigenvalue weighted by Gasteiger charge is 2.35. The van der Waals surface area contributed by atoms with Crippen molar-refractivity contribution in [2.75, 3.05) is 26.2 Å². The second kappa shape index (κ2) is 6.38. The van der Waals surface area contributed by atoms with Crippen LogP contribution in [0.1, 0.15) is 39.5 Å². The summed E-state index contributed by atoms with van der Waals surface area (Å²) in [4.78, 5) is 16.6. The van der Waals surface area contributed by atoms with E-state index in [1.165, 1.54) is 0 Å². The van der Waals surface area contributed by atoms with E-state index < -0.39 is 0 Å². The van der Waals surface area contributed by atoms with Gasteiger partial charge in [0.1, 0.15) is 0 Å². The van der Waals surface area contributed by atoms with E-state index in [9.17, 15) is 4.79 Å². The van der Waals surface area contributed by atoms with Crippen molar-refractivity contribution < 1.29 is 4.79 Å². The molecule has 0 aromatic carbocycles. The van der Waals surface area contributed by atoms with Crippen LogP contribution in [0.5, 0.6) is 0 Å². The van der Waals surface area contributed by atoms with Crippen LogP contribution in [0.2, 0.25) is 0 Å². The predicted octanol–water partition coefficient (Wildman–Crippen LogP) is 1.87. The molecular formula is C15H25N3O. The lowest BCUT2D eigenvalue weighted by molar-refractivity contribution is -0.137. The van der Waals surface area contributed by atoms with Crippen molar-refractivity contribution in [1.29, 1.82) is 5.26 Å². The molecule has 0 bridgehead atoms. The lowest BCUT2D eigenvalue weighted by atomic mass is 9.86. The molecule has 0 radical (unpaired) electrons. The van der Waals surface area contributed by atoms with E-state index in [0.717, 1.165) is 57.2 Å². The van der Waals surface area contributed by atoms with Gasteiger partial charge < -0.3 is 4.90 Å². The quantitative estimate of drug-likeness (QED) is 0.730. The Bertz CT molecular complexity index is 353. The van der Waals surface area contributed by atoms with Gasteiger partial charge in [0.2, 0.25) is 5.91 Å². The maximum atomic E-state index is 12.5. The zero-order chi connectivity index (χ0) is 13.8. The highest BCUT2D eigenvalue weighted by molar-refractivity contribution is 5.82. The second-order valence-electron chi connectivity index (χ2n) is 6.19. The van der Waals surface area contributed by atoms with Crippen LogP contribution in [0.25, 0.3) is 0 Å². The van der Waals surface area contributed by atoms with Gasteiger partial charge in [-0.1, -0.05) is 13.8 Å². The van der Waals surface area contributed by atoms with Gasteiger partial charge in [0.25, 0.3) is 0 Å². The molecule has 0 aliphatic carbocycles. The van der Waals surface area contributed by atoms with Crippen LogP contribution in [0.15, 0.2) is 0 Å². The molecule has 4 heteroatoms. The van der Waals surface area contributed by atoms with E-state index in [0.29, 0.717) is 6.54 Å². The molecule has 1 unspecified atom stereocenters. The van der Waals surface area contributed by atoms with Gasteiger partial charge in [-0.2, -0.15) is 5.26 Å². The van der Waals surface area contributed by atoms with Gasteiger partial charge in [-0.3, -0.25) is 9.69 Å². The van der Waals surface area contributed by atoms with E-state index in [1.54, 1.807) is 0 Å². The van der Waals surface area contributed by atoms with Gasteiger partial charge in [-0.05, 0) is 37.5 Å². The zero-order valence-corrected chi connectivity index (χ0v) is 12.1. The molecular weight excluding hydrogens is 238 g/mol. The Balaban J connectivity index is 1.89. The van der Waals surface area contributed by atoms with Crippen molar-refractivity contribution in [3.05, 3.63) is 0 Å². The van der Waals surface area contributed by atoms with Gasteiger partial charge in [0.15, 0.2) is 0 Å². The minimum absolute atomic E-state index is 0.0322. The molecule has 19 heavy (non-hydrogen) atoms. The third-order valence-electron chi connectivity index (χ3n) is 4.72. The average molecular weight is 263 g/mol. The molecule has 0 N–H and O–H groups in total. The van der Waals surface area contributed by atoms with Crippen LogP contribution in [-0.4, -0.2) is 47.9 Å². The number of amides is 1. The fourth-order valence-corrected chi connectivity index (χ4v) is 3.38. The molecule has 106 valence electrons. The predicted molar refractivity (Wildman–Crippen MR) is 74.4 cm³/mol. The number of nitrogens with zero attached hydrogens (tertiary/aromatic N) is 3. The Morgan fingerprint density at radius 3 is 2.53 bits per heavy atom. The van der Waals surface area contributed by atoms with Gasteiger partial charge in [-0.15, -0.1) is 0 Å². The zero-order valence-electron chi connectivity index (χ0n) is 12.1. The monoisotopic (exact) mass is 263 g/mol. The third-order valence-corrected chi connectivity index (χ3v) is 4.72. The Hall–Kier alpha value is -1.08. The smallest absolute Gasteiger partial charge is 0.239 e. The molecule has 0 spiro atoms. The minimum Gasteiger partial charge on any atom is -0.341 e. The number of nitriles is 1. The summed E-state index contributed by atoms with van der Waals surface area (Å²) in [5, 5.41) is 8.82. The van der Waals surface area contributed by atoms with Crippen LogP contribution < -0.4 is 0 Å². The van der Waals surface area contributed by atoms with Gasteiger partial charge >= 0.3 is 0 Å². The lowest BCUT2D eigenvalue weighted by Crippen LogP contribution is -2.48. The number of rotatable bonds is 3. The molecule has 1 amide bonds. The van der Waals surface area contributed by atoms with Gasteiger partial charge in [-0.25, -0.2) is 0 Å². The number of likely N-dealkylation sites (tertiary alicyclic amines) is 2. The van der Waals surface area contributed by atoms with E-state index in [-0.39, 0.29) is 11.9 Å². The summed E-state index contributed by atoms with van der Waals surface area (Å²) in [5.74, 6) is 1.75. The molecule has 0 saturated carbocycles. The molecule has 2 fully saturated rings. The van der Waals surface area contributed by atoms with Crippen LogP contribution >= 0.6 is 0 Å². The first-order valence-corrected chi connectivity index (χ1v) is 7.53. The van der Waals surface area contributed by atoms with E-state index in [1.807, 2.05) is 9.80 Å². The molecule has 4 nitrogen and oxygen atoms in total. The average Bonchev–Trinajstić information content (AvgIpc) is 2.87. The maximum absolute atomic E-state index is 12.5. The Kier molecular flexibility index (Phi) is 4.81. The summed E-state index contributed by atoms with van der Waals surface area (Å²) in [5.41, 5.74) is 0. The highest BCUT2D eigenvalue weighted by atomic mass is 16.2. The van der Waals surface area contributed by atoms with Crippen LogP contribution in [-0.2, 0) is 4.79 Å². The number of piperidine rings is 1. The molecule has 2 rings (SSSR count). The molecule has 2 aliphatic heterocycles. The van der Waals surface area contributed by atoms with Crippen LogP contribution in [0, 0.1) is 23.2 Å². The van der Waals surface area contributed by atoms with Crippen molar-refractivity contribution in [2.45, 2.75) is 45.6 Å². The van der Waals surface area contributed by atoms with Crippen molar-refractivity contribution in [3.8, 4) is 6.07 Å². The summed E-state index contributed by atoms with van der Waals surface area (Å²) in [6.45, 7) is 7.63. The van der Waals surface area contributed by atoms with E-state index >= 15 is 0 Å². The SMILES string of the molecule is CC(C)C1CCN(C(=O)C2CCCN2CC#N)CC1. The summed E-state index contributed by atoms with van der Waals surface area (Å²) in [6, 6.07) is 2.14.